The van der Waals surface area contributed by atoms with Crippen molar-refractivity contribution in [3.8, 4) is 0 Å². The van der Waals surface area contributed by atoms with E-state index in [0.29, 0.717) is 12.3 Å². The fraction of sp³-hybridized carbons (Fsp3) is 0.684. The molecule has 0 saturated heterocycles. The summed E-state index contributed by atoms with van der Waals surface area (Å²) in [5.74, 6) is 0.0285. The van der Waals surface area contributed by atoms with Crippen LogP contribution in [0, 0.1) is 34.0 Å². The summed E-state index contributed by atoms with van der Waals surface area (Å²) in [7, 11) is 1.45. The first-order valence-corrected chi connectivity index (χ1v) is 9.35. The quantitative estimate of drug-likeness (QED) is 0.374. The number of allylic oxidation sites excluding steroid dienone is 3. The average Bonchev–Trinajstić information content (AvgIpc) is 2.48. The number of ether oxygens (including phenoxy) is 1. The Kier molecular flexibility index (Phi) is 3.86. The Bertz CT molecular complexity index is 620. The van der Waals surface area contributed by atoms with E-state index in [1.165, 1.54) is 10.7 Å². The lowest BCUT2D eigenvalue weighted by Gasteiger charge is -2.65. The van der Waals surface area contributed by atoms with Crippen molar-refractivity contribution in [1.82, 2.24) is 0 Å². The van der Waals surface area contributed by atoms with Gasteiger partial charge < -0.3 is 4.74 Å². The van der Waals surface area contributed by atoms with Gasteiger partial charge in [-0.1, -0.05) is 32.9 Å². The molecule has 4 aliphatic carbocycles. The van der Waals surface area contributed by atoms with Gasteiger partial charge >= 0.3 is 5.97 Å². The first-order chi connectivity index (χ1) is 10.6. The second-order valence-electron chi connectivity index (χ2n) is 8.25. The maximum Gasteiger partial charge on any atom is 0.310 e. The molecule has 4 rings (SSSR count). The van der Waals surface area contributed by atoms with Crippen molar-refractivity contribution in [2.45, 2.75) is 40.0 Å². The topological polar surface area (TPSA) is 43.4 Å². The van der Waals surface area contributed by atoms with Crippen molar-refractivity contribution in [2.75, 3.05) is 7.11 Å². The smallest absolute Gasteiger partial charge is 0.310 e. The van der Waals surface area contributed by atoms with Crippen LogP contribution in [-0.4, -0.2) is 18.9 Å². The van der Waals surface area contributed by atoms with Crippen LogP contribution in [0.1, 0.15) is 40.0 Å². The lowest BCUT2D eigenvalue weighted by molar-refractivity contribution is -0.178. The van der Waals surface area contributed by atoms with Crippen LogP contribution in [0.25, 0.3) is 0 Å². The van der Waals surface area contributed by atoms with Gasteiger partial charge in [0.2, 0.25) is 0 Å². The summed E-state index contributed by atoms with van der Waals surface area (Å²) in [5.41, 5.74) is -0.878. The first-order valence-electron chi connectivity index (χ1n) is 8.27. The summed E-state index contributed by atoms with van der Waals surface area (Å²) in [6.07, 6.45) is 6.42. The van der Waals surface area contributed by atoms with E-state index >= 15 is 0 Å². The average molecular weight is 428 g/mol. The summed E-state index contributed by atoms with van der Waals surface area (Å²) in [4.78, 5) is 25.6. The van der Waals surface area contributed by atoms with E-state index < -0.39 is 5.41 Å². The van der Waals surface area contributed by atoms with Crippen molar-refractivity contribution in [1.29, 1.82) is 0 Å². The molecule has 0 amide bonds. The van der Waals surface area contributed by atoms with Crippen molar-refractivity contribution in [2.24, 2.45) is 34.0 Å². The van der Waals surface area contributed by atoms with Gasteiger partial charge in [-0.2, -0.15) is 0 Å². The monoisotopic (exact) mass is 428 g/mol. The molecule has 2 fully saturated rings. The number of halogens is 1. The standard InChI is InChI=1S/C19H25IO3/c1-6-18(4)8-7-13-17(2,3)11-9-14(20)19(13,10-12(11)21)15(18)16(22)23-5/h6,9,11,13,15H,1,7-8,10H2,2-5H3/t11-,13+,15+,18?,19-/m1/s1. The molecule has 1 spiro atoms. The molecular weight excluding hydrogens is 403 g/mol. The third-order valence-corrected chi connectivity index (χ3v) is 8.31. The number of methoxy groups -OCH3 is 1. The number of carbonyl (C=O) groups excluding carboxylic acids is 2. The van der Waals surface area contributed by atoms with Crippen molar-refractivity contribution >= 4 is 34.3 Å². The molecule has 2 bridgehead atoms. The molecule has 4 heteroatoms. The minimum Gasteiger partial charge on any atom is -0.469 e. The Morgan fingerprint density at radius 1 is 1.43 bits per heavy atom. The number of rotatable bonds is 2. The van der Waals surface area contributed by atoms with Gasteiger partial charge in [-0.25, -0.2) is 0 Å². The Labute approximate surface area is 152 Å². The van der Waals surface area contributed by atoms with Gasteiger partial charge in [0, 0.05) is 17.8 Å². The molecular formula is C19H25IO3. The molecule has 0 aliphatic heterocycles. The van der Waals surface area contributed by atoms with E-state index in [0.717, 1.165) is 12.8 Å². The number of hydrogen-bond acceptors (Lipinski definition) is 3. The zero-order chi connectivity index (χ0) is 17.2. The normalized spacial score (nSPS) is 44.3. The molecule has 2 saturated carbocycles. The Hall–Kier alpha value is -0.650. The predicted octanol–water partition coefficient (Wildman–Crippen LogP) is 4.31. The van der Waals surface area contributed by atoms with Crippen LogP contribution in [0.15, 0.2) is 22.3 Å². The Balaban J connectivity index is 2.27. The zero-order valence-electron chi connectivity index (χ0n) is 14.3. The number of esters is 1. The fourth-order valence-corrected chi connectivity index (χ4v) is 6.99. The predicted molar refractivity (Wildman–Crippen MR) is 98.0 cm³/mol. The molecule has 0 aromatic heterocycles. The van der Waals surface area contributed by atoms with Gasteiger partial charge in [0.25, 0.3) is 0 Å². The van der Waals surface area contributed by atoms with Gasteiger partial charge in [0.15, 0.2) is 0 Å². The number of hydrogen-bond donors (Lipinski definition) is 0. The third kappa shape index (κ3) is 1.99. The lowest BCUT2D eigenvalue weighted by atomic mass is 9.38. The van der Waals surface area contributed by atoms with Gasteiger partial charge in [0.05, 0.1) is 13.0 Å². The summed E-state index contributed by atoms with van der Waals surface area (Å²) in [5, 5.41) is 0. The van der Waals surface area contributed by atoms with Crippen LogP contribution in [0.2, 0.25) is 0 Å². The van der Waals surface area contributed by atoms with Gasteiger partial charge in [0.1, 0.15) is 5.78 Å². The SMILES string of the molecule is C=CC1(C)CC[C@H]2C(C)(C)[C@@H]3C=C(I)[C@]2(CC3=O)[C@H]1C(=O)OC. The minimum absolute atomic E-state index is 0.0207. The Morgan fingerprint density at radius 2 is 2.09 bits per heavy atom. The highest BCUT2D eigenvalue weighted by Gasteiger charge is 2.69. The highest BCUT2D eigenvalue weighted by atomic mass is 127. The van der Waals surface area contributed by atoms with Crippen LogP contribution < -0.4 is 0 Å². The zero-order valence-corrected chi connectivity index (χ0v) is 16.5. The molecule has 23 heavy (non-hydrogen) atoms. The van der Waals surface area contributed by atoms with Gasteiger partial charge in [-0.3, -0.25) is 9.59 Å². The molecule has 0 aromatic rings. The van der Waals surface area contributed by atoms with E-state index in [2.05, 4.69) is 56.0 Å². The molecule has 0 aromatic carbocycles. The van der Waals surface area contributed by atoms with E-state index in [1.807, 2.05) is 6.08 Å². The van der Waals surface area contributed by atoms with E-state index in [-0.39, 0.29) is 34.4 Å². The lowest BCUT2D eigenvalue weighted by Crippen LogP contribution is -2.64. The maximum absolute atomic E-state index is 12.8. The van der Waals surface area contributed by atoms with E-state index in [9.17, 15) is 9.59 Å². The maximum atomic E-state index is 12.8. The minimum atomic E-state index is -0.426. The first kappa shape index (κ1) is 17.2. The van der Waals surface area contributed by atoms with Crippen molar-refractivity contribution in [3.05, 3.63) is 22.3 Å². The summed E-state index contributed by atoms with van der Waals surface area (Å²) in [6.45, 7) is 10.5. The highest BCUT2D eigenvalue weighted by Crippen LogP contribution is 2.71. The van der Waals surface area contributed by atoms with Crippen LogP contribution in [0.4, 0.5) is 0 Å². The molecule has 5 atom stereocenters. The van der Waals surface area contributed by atoms with Gasteiger partial charge in [-0.15, -0.1) is 6.58 Å². The van der Waals surface area contributed by atoms with Crippen molar-refractivity contribution < 1.29 is 14.3 Å². The Morgan fingerprint density at radius 3 is 2.65 bits per heavy atom. The van der Waals surface area contributed by atoms with Gasteiger partial charge in [-0.05, 0) is 55.8 Å². The summed E-state index contributed by atoms with van der Waals surface area (Å²) < 4.78 is 6.38. The van der Waals surface area contributed by atoms with Crippen LogP contribution in [0.5, 0.6) is 0 Å². The number of fused-ring (bicyclic) bond motifs is 1. The molecule has 4 aliphatic rings. The van der Waals surface area contributed by atoms with Crippen LogP contribution >= 0.6 is 22.6 Å². The number of ketones is 1. The summed E-state index contributed by atoms with van der Waals surface area (Å²) >= 11 is 2.37. The number of carbonyl (C=O) groups is 2. The van der Waals surface area contributed by atoms with Crippen molar-refractivity contribution in [3.63, 3.8) is 0 Å². The highest BCUT2D eigenvalue weighted by molar-refractivity contribution is 14.1. The van der Waals surface area contributed by atoms with Crippen LogP contribution in [-0.2, 0) is 14.3 Å². The fourth-order valence-electron chi connectivity index (χ4n) is 5.75. The molecule has 1 unspecified atom stereocenters. The summed E-state index contributed by atoms with van der Waals surface area (Å²) in [6, 6.07) is 0. The molecule has 126 valence electrons. The second kappa shape index (κ2) is 5.17. The third-order valence-electron chi connectivity index (χ3n) is 6.94. The number of Topliss-reactive ketones (excluding diaryl/α,β-unsaturated/α-hetero) is 1. The van der Waals surface area contributed by atoms with E-state index in [4.69, 9.17) is 4.74 Å². The molecule has 0 radical (unpaired) electrons. The van der Waals surface area contributed by atoms with E-state index in [1.54, 1.807) is 0 Å². The second-order valence-corrected chi connectivity index (χ2v) is 9.42. The largest absolute Gasteiger partial charge is 0.469 e. The van der Waals surface area contributed by atoms with Crippen LogP contribution in [0.3, 0.4) is 0 Å². The molecule has 3 nitrogen and oxygen atoms in total. The molecule has 0 heterocycles. The molecule has 0 N–H and O–H groups in total.